The van der Waals surface area contributed by atoms with Gasteiger partial charge in [-0.15, -0.1) is 0 Å². The molecule has 0 aromatic heterocycles. The maximum atomic E-state index is 11.7. The molecule has 98 valence electrons. The molecular weight excluding hydrogens is 247 g/mol. The Morgan fingerprint density at radius 3 is 2.47 bits per heavy atom. The van der Waals surface area contributed by atoms with Gasteiger partial charge in [0.2, 0.25) is 0 Å². The van der Waals surface area contributed by atoms with Crippen LogP contribution in [0.5, 0.6) is 0 Å². The van der Waals surface area contributed by atoms with Crippen LogP contribution < -0.4 is 0 Å². The van der Waals surface area contributed by atoms with Gasteiger partial charge in [0.25, 0.3) is 0 Å². The van der Waals surface area contributed by atoms with Gasteiger partial charge in [-0.05, 0) is 12.8 Å². The molecule has 0 aromatic rings. The van der Waals surface area contributed by atoms with Crippen molar-refractivity contribution >= 4 is 14.0 Å². The molecule has 0 bridgehead atoms. The van der Waals surface area contributed by atoms with Crippen molar-refractivity contribution in [3.63, 3.8) is 0 Å². The van der Waals surface area contributed by atoms with Crippen molar-refractivity contribution in [2.75, 3.05) is 19.8 Å². The second-order valence-corrected chi connectivity index (χ2v) is 5.22. The first-order chi connectivity index (χ1) is 8.11. The Hall–Kier alpha value is -0.260. The fraction of sp³-hybridized carbons (Fsp3) is 0.900. The lowest BCUT2D eigenvalue weighted by molar-refractivity contribution is -0.183. The van der Waals surface area contributed by atoms with Gasteiger partial charge in [0.05, 0.1) is 13.2 Å². The summed E-state index contributed by atoms with van der Waals surface area (Å²) in [6.07, 6.45) is 2.79. The molecule has 1 unspecified atom stereocenters. The quantitative estimate of drug-likeness (QED) is 0.759. The zero-order valence-corrected chi connectivity index (χ0v) is 10.5. The Morgan fingerprint density at radius 1 is 1.35 bits per heavy atom. The molecule has 1 heterocycles. The summed E-state index contributed by atoms with van der Waals surface area (Å²) in [5.41, 5.74) is 0. The van der Waals surface area contributed by atoms with Gasteiger partial charge in [0.1, 0.15) is 6.61 Å². The van der Waals surface area contributed by atoms with E-state index in [-0.39, 0.29) is 18.3 Å². The summed E-state index contributed by atoms with van der Waals surface area (Å²) >= 11 is 0. The van der Waals surface area contributed by atoms with Crippen LogP contribution in [0.3, 0.4) is 0 Å². The lowest BCUT2D eigenvalue weighted by Crippen LogP contribution is -2.37. The van der Waals surface area contributed by atoms with Crippen LogP contribution in [-0.2, 0) is 23.4 Å². The fourth-order valence-electron chi connectivity index (χ4n) is 2.42. The van der Waals surface area contributed by atoms with Crippen LogP contribution >= 0.6 is 8.25 Å². The van der Waals surface area contributed by atoms with Gasteiger partial charge in [0, 0.05) is 18.8 Å². The summed E-state index contributed by atoms with van der Waals surface area (Å²) in [7, 11) is -3.01. The van der Waals surface area contributed by atoms with Crippen LogP contribution in [0, 0.1) is 5.92 Å². The average molecular weight is 264 g/mol. The van der Waals surface area contributed by atoms with E-state index in [1.54, 1.807) is 0 Å². The Kier molecular flexibility index (Phi) is 4.33. The molecule has 1 saturated heterocycles. The van der Waals surface area contributed by atoms with Crippen molar-refractivity contribution in [3.8, 4) is 0 Å². The predicted molar refractivity (Wildman–Crippen MR) is 58.8 cm³/mol. The van der Waals surface area contributed by atoms with Gasteiger partial charge in [-0.25, -0.2) is 0 Å². The molecule has 2 aliphatic rings. The van der Waals surface area contributed by atoms with Crippen LogP contribution in [-0.4, -0.2) is 36.3 Å². The van der Waals surface area contributed by atoms with Gasteiger partial charge in [-0.3, -0.25) is 9.36 Å². The summed E-state index contributed by atoms with van der Waals surface area (Å²) in [6, 6.07) is 0. The molecule has 1 atom stereocenters. The summed E-state index contributed by atoms with van der Waals surface area (Å²) < 4.78 is 25.9. The first-order valence-corrected chi connectivity index (χ1v) is 7.04. The number of rotatable bonds is 4. The molecule has 0 aromatic carbocycles. The third kappa shape index (κ3) is 3.36. The largest absolute Gasteiger partial charge is 0.348 e. The number of Topliss-reactive ketones (excluding diaryl/α,β-unsaturated/α-hetero) is 1. The standard InChI is InChI=1S/C10H17O6P/c11-9(7-16-17(12)13)8-1-3-10(4-2-8)14-5-6-15-10/h8,17H,1-7H2,(H,12,13). The van der Waals surface area contributed by atoms with Crippen LogP contribution in [0.1, 0.15) is 25.7 Å². The molecule has 0 amide bonds. The van der Waals surface area contributed by atoms with Gasteiger partial charge in [-0.2, -0.15) is 0 Å². The summed E-state index contributed by atoms with van der Waals surface area (Å²) in [5, 5.41) is 0. The van der Waals surface area contributed by atoms with Crippen molar-refractivity contribution in [1.29, 1.82) is 0 Å². The van der Waals surface area contributed by atoms with E-state index in [1.807, 2.05) is 0 Å². The monoisotopic (exact) mass is 264 g/mol. The zero-order chi connectivity index (χ0) is 12.3. The van der Waals surface area contributed by atoms with E-state index in [9.17, 15) is 9.36 Å². The molecule has 1 saturated carbocycles. The van der Waals surface area contributed by atoms with E-state index in [2.05, 4.69) is 4.52 Å². The minimum atomic E-state index is -3.01. The van der Waals surface area contributed by atoms with E-state index in [0.717, 1.165) is 0 Å². The first kappa shape index (κ1) is 13.2. The zero-order valence-electron chi connectivity index (χ0n) is 9.52. The highest BCUT2D eigenvalue weighted by molar-refractivity contribution is 7.32. The molecule has 2 rings (SSSR count). The van der Waals surface area contributed by atoms with E-state index in [0.29, 0.717) is 38.9 Å². The third-order valence-electron chi connectivity index (χ3n) is 3.35. The lowest BCUT2D eigenvalue weighted by atomic mass is 9.83. The van der Waals surface area contributed by atoms with E-state index in [1.165, 1.54) is 0 Å². The van der Waals surface area contributed by atoms with Crippen molar-refractivity contribution in [2.24, 2.45) is 5.92 Å². The molecule has 0 radical (unpaired) electrons. The highest BCUT2D eigenvalue weighted by Crippen LogP contribution is 2.38. The topological polar surface area (TPSA) is 82.1 Å². The van der Waals surface area contributed by atoms with Gasteiger partial charge in [0.15, 0.2) is 11.6 Å². The maximum Gasteiger partial charge on any atom is 0.317 e. The van der Waals surface area contributed by atoms with Crippen molar-refractivity contribution in [1.82, 2.24) is 0 Å². The Labute approximate surface area is 100 Å². The molecule has 1 aliphatic heterocycles. The molecule has 2 fully saturated rings. The van der Waals surface area contributed by atoms with Crippen molar-refractivity contribution < 1.29 is 28.3 Å². The minimum Gasteiger partial charge on any atom is -0.348 e. The molecule has 6 nitrogen and oxygen atoms in total. The second kappa shape index (κ2) is 5.59. The third-order valence-corrected chi connectivity index (χ3v) is 3.75. The maximum absolute atomic E-state index is 11.7. The van der Waals surface area contributed by atoms with Crippen molar-refractivity contribution in [3.05, 3.63) is 0 Å². The Bertz CT molecular complexity index is 302. The second-order valence-electron chi connectivity index (χ2n) is 4.40. The van der Waals surface area contributed by atoms with Crippen LogP contribution in [0.25, 0.3) is 0 Å². The lowest BCUT2D eigenvalue weighted by Gasteiger charge is -2.34. The van der Waals surface area contributed by atoms with Gasteiger partial charge < -0.3 is 18.9 Å². The van der Waals surface area contributed by atoms with E-state index >= 15 is 0 Å². The number of carbonyl (C=O) groups is 1. The predicted octanol–water partition coefficient (Wildman–Crippen LogP) is 0.887. The normalized spacial score (nSPS) is 26.2. The average Bonchev–Trinajstić information content (AvgIpc) is 2.75. The number of ether oxygens (including phenoxy) is 2. The van der Waals surface area contributed by atoms with Crippen LogP contribution in [0.2, 0.25) is 0 Å². The summed E-state index contributed by atoms with van der Waals surface area (Å²) in [6.45, 7) is 0.968. The number of ketones is 1. The SMILES string of the molecule is O=C(CO[PH](=O)O)C1CCC2(CC1)OCCO2. The van der Waals surface area contributed by atoms with Crippen LogP contribution in [0.15, 0.2) is 0 Å². The van der Waals surface area contributed by atoms with E-state index < -0.39 is 14.0 Å². The molecule has 1 aliphatic carbocycles. The van der Waals surface area contributed by atoms with Crippen LogP contribution in [0.4, 0.5) is 0 Å². The highest BCUT2D eigenvalue weighted by atomic mass is 31.1. The molecular formula is C10H17O6P. The highest BCUT2D eigenvalue weighted by Gasteiger charge is 2.41. The Morgan fingerprint density at radius 2 is 1.94 bits per heavy atom. The first-order valence-electron chi connectivity index (χ1n) is 5.78. The minimum absolute atomic E-state index is 0.102. The van der Waals surface area contributed by atoms with E-state index in [4.69, 9.17) is 14.4 Å². The number of carbonyl (C=O) groups excluding carboxylic acids is 1. The number of hydrogen-bond acceptors (Lipinski definition) is 5. The van der Waals surface area contributed by atoms with Gasteiger partial charge >= 0.3 is 8.25 Å². The Balaban J connectivity index is 1.78. The molecule has 1 spiro atoms. The van der Waals surface area contributed by atoms with Crippen molar-refractivity contribution in [2.45, 2.75) is 31.5 Å². The fourth-order valence-corrected chi connectivity index (χ4v) is 2.68. The molecule has 7 heteroatoms. The molecule has 1 N–H and O–H groups in total. The summed E-state index contributed by atoms with van der Waals surface area (Å²) in [5.74, 6) is -0.678. The number of hydrogen-bond donors (Lipinski definition) is 1. The smallest absolute Gasteiger partial charge is 0.317 e. The molecule has 17 heavy (non-hydrogen) atoms. The van der Waals surface area contributed by atoms with Gasteiger partial charge in [-0.1, -0.05) is 0 Å². The summed E-state index contributed by atoms with van der Waals surface area (Å²) in [4.78, 5) is 20.2.